The van der Waals surface area contributed by atoms with Crippen LogP contribution in [0.4, 0.5) is 5.95 Å². The number of nitrogens with one attached hydrogen (secondary N) is 1. The topological polar surface area (TPSA) is 82.2 Å². The standard InChI is InChI=1S/C19H21N7O/c1-11-21-16-5-4-15(23-18(16)25(11)2)14-6-7-26-17(14)10-20-19(24-26)22-12-8-13(9-12)27-3/h4-7,10,12-13H,8-9H2,1-3H3,(H,22,24). The highest BCUT2D eigenvalue weighted by Gasteiger charge is 2.29. The monoisotopic (exact) mass is 363 g/mol. The van der Waals surface area contributed by atoms with E-state index in [0.29, 0.717) is 18.1 Å². The fraction of sp³-hybridized carbons (Fsp3) is 0.368. The third-order valence-corrected chi connectivity index (χ3v) is 5.39. The Balaban J connectivity index is 1.47. The number of rotatable bonds is 4. The molecule has 0 bridgehead atoms. The van der Waals surface area contributed by atoms with Gasteiger partial charge in [0.25, 0.3) is 0 Å². The second kappa shape index (κ2) is 6.02. The maximum Gasteiger partial charge on any atom is 0.241 e. The van der Waals surface area contributed by atoms with Gasteiger partial charge in [0.2, 0.25) is 5.95 Å². The van der Waals surface area contributed by atoms with Crippen molar-refractivity contribution in [3.63, 3.8) is 0 Å². The van der Waals surface area contributed by atoms with Crippen LogP contribution < -0.4 is 5.32 Å². The molecule has 4 heterocycles. The zero-order valence-corrected chi connectivity index (χ0v) is 15.5. The van der Waals surface area contributed by atoms with Gasteiger partial charge in [-0.2, -0.15) is 0 Å². The Morgan fingerprint density at radius 3 is 2.85 bits per heavy atom. The first-order valence-corrected chi connectivity index (χ1v) is 9.06. The molecule has 4 aromatic heterocycles. The number of methoxy groups -OCH3 is 1. The number of pyridine rings is 1. The van der Waals surface area contributed by atoms with Gasteiger partial charge in [-0.3, -0.25) is 0 Å². The van der Waals surface area contributed by atoms with Gasteiger partial charge in [-0.05, 0) is 38.0 Å². The maximum absolute atomic E-state index is 5.32. The highest BCUT2D eigenvalue weighted by molar-refractivity contribution is 5.82. The Labute approximate surface area is 156 Å². The molecule has 0 saturated heterocycles. The molecule has 0 spiro atoms. The lowest BCUT2D eigenvalue weighted by Crippen LogP contribution is -2.40. The highest BCUT2D eigenvalue weighted by atomic mass is 16.5. The normalized spacial score (nSPS) is 19.5. The SMILES string of the molecule is COC1CC(Nc2ncc3c(-c4ccc5nc(C)n(C)c5n4)ccn3n2)C1. The molecule has 4 aromatic rings. The van der Waals surface area contributed by atoms with E-state index in [1.54, 1.807) is 7.11 Å². The molecule has 8 heteroatoms. The van der Waals surface area contributed by atoms with E-state index in [2.05, 4.69) is 20.4 Å². The number of aryl methyl sites for hydroxylation is 2. The first-order valence-electron chi connectivity index (χ1n) is 9.06. The number of fused-ring (bicyclic) bond motifs is 2. The molecule has 1 aliphatic carbocycles. The summed E-state index contributed by atoms with van der Waals surface area (Å²) < 4.78 is 9.16. The van der Waals surface area contributed by atoms with Crippen LogP contribution in [0.1, 0.15) is 18.7 Å². The first kappa shape index (κ1) is 16.2. The van der Waals surface area contributed by atoms with E-state index in [9.17, 15) is 0 Å². The molecule has 0 radical (unpaired) electrons. The minimum absolute atomic E-state index is 0.348. The molecule has 0 aromatic carbocycles. The first-order chi connectivity index (χ1) is 13.1. The van der Waals surface area contributed by atoms with Crippen molar-refractivity contribution in [2.24, 2.45) is 7.05 Å². The summed E-state index contributed by atoms with van der Waals surface area (Å²) in [4.78, 5) is 13.8. The molecule has 5 rings (SSSR count). The van der Waals surface area contributed by atoms with E-state index < -0.39 is 0 Å². The Kier molecular flexibility index (Phi) is 3.61. The van der Waals surface area contributed by atoms with Crippen LogP contribution >= 0.6 is 0 Å². The summed E-state index contributed by atoms with van der Waals surface area (Å²) in [6, 6.07) is 6.40. The lowest BCUT2D eigenvalue weighted by molar-refractivity contribution is 0.0326. The number of hydrogen-bond donors (Lipinski definition) is 1. The quantitative estimate of drug-likeness (QED) is 0.600. The van der Waals surface area contributed by atoms with Crippen LogP contribution in [-0.2, 0) is 11.8 Å². The second-order valence-corrected chi connectivity index (χ2v) is 7.07. The molecule has 138 valence electrons. The van der Waals surface area contributed by atoms with Gasteiger partial charge in [0, 0.05) is 32.0 Å². The summed E-state index contributed by atoms with van der Waals surface area (Å²) in [6.45, 7) is 1.98. The average molecular weight is 363 g/mol. The van der Waals surface area contributed by atoms with Gasteiger partial charge in [0.15, 0.2) is 5.65 Å². The number of imidazole rings is 1. The van der Waals surface area contributed by atoms with Crippen molar-refractivity contribution >= 4 is 22.6 Å². The minimum Gasteiger partial charge on any atom is -0.381 e. The number of nitrogens with zero attached hydrogens (tertiary/aromatic N) is 6. The third-order valence-electron chi connectivity index (χ3n) is 5.39. The van der Waals surface area contributed by atoms with E-state index in [1.165, 1.54) is 0 Å². The predicted molar refractivity (Wildman–Crippen MR) is 103 cm³/mol. The van der Waals surface area contributed by atoms with Crippen molar-refractivity contribution in [3.05, 3.63) is 36.4 Å². The predicted octanol–water partition coefficient (Wildman–Crippen LogP) is 2.58. The van der Waals surface area contributed by atoms with E-state index in [4.69, 9.17) is 9.72 Å². The summed E-state index contributed by atoms with van der Waals surface area (Å²) >= 11 is 0. The number of anilines is 1. The van der Waals surface area contributed by atoms with E-state index in [0.717, 1.165) is 46.6 Å². The average Bonchev–Trinajstić information content (AvgIpc) is 3.18. The molecule has 1 aliphatic rings. The van der Waals surface area contributed by atoms with Gasteiger partial charge in [-0.15, -0.1) is 5.10 Å². The van der Waals surface area contributed by atoms with Gasteiger partial charge in [0.05, 0.1) is 23.5 Å². The van der Waals surface area contributed by atoms with Crippen molar-refractivity contribution in [1.29, 1.82) is 0 Å². The smallest absolute Gasteiger partial charge is 0.241 e. The van der Waals surface area contributed by atoms with Crippen molar-refractivity contribution in [3.8, 4) is 11.3 Å². The van der Waals surface area contributed by atoms with Crippen molar-refractivity contribution < 1.29 is 4.74 Å². The zero-order valence-electron chi connectivity index (χ0n) is 15.5. The van der Waals surface area contributed by atoms with Crippen LogP contribution in [-0.4, -0.2) is 48.4 Å². The summed E-state index contributed by atoms with van der Waals surface area (Å²) in [5.41, 5.74) is 4.60. The van der Waals surface area contributed by atoms with Crippen molar-refractivity contribution in [2.75, 3.05) is 12.4 Å². The molecule has 1 saturated carbocycles. The van der Waals surface area contributed by atoms with Crippen molar-refractivity contribution in [2.45, 2.75) is 31.9 Å². The lowest BCUT2D eigenvalue weighted by Gasteiger charge is -2.34. The zero-order chi connectivity index (χ0) is 18.5. The van der Waals surface area contributed by atoms with Crippen LogP contribution in [0.25, 0.3) is 27.9 Å². The molecule has 1 N–H and O–H groups in total. The molecule has 1 fully saturated rings. The van der Waals surface area contributed by atoms with Gasteiger partial charge < -0.3 is 14.6 Å². The van der Waals surface area contributed by atoms with Gasteiger partial charge in [-0.1, -0.05) is 0 Å². The summed E-state index contributed by atoms with van der Waals surface area (Å²) in [7, 11) is 3.73. The fourth-order valence-electron chi connectivity index (χ4n) is 3.57. The maximum atomic E-state index is 5.32. The summed E-state index contributed by atoms with van der Waals surface area (Å²) in [5.74, 6) is 1.58. The molecular formula is C19H21N7O. The van der Waals surface area contributed by atoms with Crippen LogP contribution in [0.2, 0.25) is 0 Å². The van der Waals surface area contributed by atoms with Crippen LogP contribution in [0.5, 0.6) is 0 Å². The Morgan fingerprint density at radius 2 is 2.04 bits per heavy atom. The molecule has 0 amide bonds. The molecular weight excluding hydrogens is 342 g/mol. The molecule has 8 nitrogen and oxygen atoms in total. The Bertz CT molecular complexity index is 1140. The van der Waals surface area contributed by atoms with E-state index >= 15 is 0 Å². The molecule has 0 atom stereocenters. The molecule has 27 heavy (non-hydrogen) atoms. The van der Waals surface area contributed by atoms with Crippen LogP contribution in [0, 0.1) is 6.92 Å². The Morgan fingerprint density at radius 1 is 1.19 bits per heavy atom. The molecule has 0 unspecified atom stereocenters. The lowest BCUT2D eigenvalue weighted by atomic mass is 9.89. The summed E-state index contributed by atoms with van der Waals surface area (Å²) in [5, 5.41) is 7.95. The van der Waals surface area contributed by atoms with E-state index in [-0.39, 0.29) is 0 Å². The number of aromatic nitrogens is 6. The second-order valence-electron chi connectivity index (χ2n) is 7.07. The van der Waals surface area contributed by atoms with E-state index in [1.807, 2.05) is 53.6 Å². The van der Waals surface area contributed by atoms with Crippen LogP contribution in [0.15, 0.2) is 30.6 Å². The summed E-state index contributed by atoms with van der Waals surface area (Å²) in [6.07, 6.45) is 6.11. The Hall–Kier alpha value is -3.00. The largest absolute Gasteiger partial charge is 0.381 e. The van der Waals surface area contributed by atoms with Gasteiger partial charge in [-0.25, -0.2) is 19.5 Å². The molecule has 0 aliphatic heterocycles. The third kappa shape index (κ3) is 2.64. The fourth-order valence-corrected chi connectivity index (χ4v) is 3.57. The minimum atomic E-state index is 0.348. The number of ether oxygens (including phenoxy) is 1. The van der Waals surface area contributed by atoms with Gasteiger partial charge in [0.1, 0.15) is 11.3 Å². The van der Waals surface area contributed by atoms with Gasteiger partial charge >= 0.3 is 0 Å². The van der Waals surface area contributed by atoms with Crippen LogP contribution in [0.3, 0.4) is 0 Å². The van der Waals surface area contributed by atoms with Crippen molar-refractivity contribution in [1.82, 2.24) is 29.1 Å². The highest BCUT2D eigenvalue weighted by Crippen LogP contribution is 2.27. The number of hydrogen-bond acceptors (Lipinski definition) is 6.